The van der Waals surface area contributed by atoms with E-state index in [1.54, 1.807) is 6.92 Å². The molecule has 1 aliphatic heterocycles. The lowest BCUT2D eigenvalue weighted by Gasteiger charge is -2.61. The number of allylic oxidation sites excluding steroid dienone is 1. The van der Waals surface area contributed by atoms with Crippen molar-refractivity contribution in [2.75, 3.05) is 0 Å². The van der Waals surface area contributed by atoms with Crippen molar-refractivity contribution in [3.63, 3.8) is 0 Å². The van der Waals surface area contributed by atoms with Gasteiger partial charge in [0.1, 0.15) is 11.9 Å². The molecule has 0 radical (unpaired) electrons. The van der Waals surface area contributed by atoms with Crippen molar-refractivity contribution in [2.45, 2.75) is 96.9 Å². The molecule has 2 aliphatic carbocycles. The topological polar surface area (TPSA) is 124 Å². The first-order chi connectivity index (χ1) is 14.6. The molecular weight excluding hydrogens is 412 g/mol. The van der Waals surface area contributed by atoms with E-state index in [2.05, 4.69) is 6.92 Å². The predicted molar refractivity (Wildman–Crippen MR) is 118 cm³/mol. The molecule has 3 rings (SSSR count). The summed E-state index contributed by atoms with van der Waals surface area (Å²) in [6.45, 7) is 8.96. The van der Waals surface area contributed by atoms with Crippen LogP contribution in [-0.4, -0.2) is 49.7 Å². The van der Waals surface area contributed by atoms with Crippen LogP contribution < -0.4 is 0 Å². The molecule has 0 amide bonds. The molecule has 1 heterocycles. The molecule has 0 bridgehead atoms. The van der Waals surface area contributed by atoms with E-state index in [0.29, 0.717) is 31.3 Å². The molecule has 2 fully saturated rings. The van der Waals surface area contributed by atoms with Gasteiger partial charge in [-0.15, -0.1) is 0 Å². The molecule has 0 aromatic carbocycles. The second-order valence-electron chi connectivity index (χ2n) is 11.2. The molecule has 3 aliphatic rings. The van der Waals surface area contributed by atoms with Crippen LogP contribution in [0.25, 0.3) is 0 Å². The van der Waals surface area contributed by atoms with Crippen LogP contribution in [0.4, 0.5) is 0 Å². The molecule has 0 aromatic heterocycles. The van der Waals surface area contributed by atoms with Gasteiger partial charge in [0.15, 0.2) is 0 Å². The number of ether oxygens (including phenoxy) is 1. The monoisotopic (exact) mass is 450 g/mol. The number of fused-ring (bicyclic) bond motifs is 1. The molecule has 7 atom stereocenters. The zero-order valence-corrected chi connectivity index (χ0v) is 19.9. The van der Waals surface area contributed by atoms with Crippen molar-refractivity contribution in [1.29, 1.82) is 0 Å². The number of aliphatic hydroxyl groups is 3. The SMILES string of the molecule is CC1=CC(=O)OC1=C[C@H](O)[C@@](C)(O)CC[C@@H]1[C@@]2(C)CCC[C@@](C)(C(=O)O)[C@@H]2CC[C@@]1(C)O. The summed E-state index contributed by atoms with van der Waals surface area (Å²) in [6, 6.07) is 0. The number of aliphatic carboxylic acids is 1. The third-order valence-electron chi connectivity index (χ3n) is 8.77. The first-order valence-electron chi connectivity index (χ1n) is 11.6. The van der Waals surface area contributed by atoms with Gasteiger partial charge in [-0.2, -0.15) is 0 Å². The maximum absolute atomic E-state index is 12.2. The first-order valence-corrected chi connectivity index (χ1v) is 11.6. The Hall–Kier alpha value is -1.70. The Morgan fingerprint density at radius 2 is 1.97 bits per heavy atom. The van der Waals surface area contributed by atoms with Gasteiger partial charge in [-0.25, -0.2) is 4.79 Å². The number of esters is 1. The highest BCUT2D eigenvalue weighted by Gasteiger charge is 2.61. The van der Waals surface area contributed by atoms with E-state index in [1.165, 1.54) is 19.1 Å². The van der Waals surface area contributed by atoms with Gasteiger partial charge in [-0.1, -0.05) is 13.3 Å². The second kappa shape index (κ2) is 8.26. The van der Waals surface area contributed by atoms with E-state index in [9.17, 15) is 30.0 Å². The lowest BCUT2D eigenvalue weighted by Crippen LogP contribution is -2.60. The highest BCUT2D eigenvalue weighted by Crippen LogP contribution is 2.63. The van der Waals surface area contributed by atoms with Crippen LogP contribution in [0, 0.1) is 22.7 Å². The summed E-state index contributed by atoms with van der Waals surface area (Å²) in [6.07, 6.45) is 5.48. The van der Waals surface area contributed by atoms with E-state index in [1.807, 2.05) is 13.8 Å². The van der Waals surface area contributed by atoms with Crippen molar-refractivity contribution in [3.05, 3.63) is 23.5 Å². The minimum absolute atomic E-state index is 0.0610. The average molecular weight is 451 g/mol. The quantitative estimate of drug-likeness (QED) is 0.458. The van der Waals surface area contributed by atoms with Crippen LogP contribution in [0.2, 0.25) is 0 Å². The average Bonchev–Trinajstić information content (AvgIpc) is 2.97. The standard InChI is InChI=1S/C25H38O7/c1-15-13-20(27)32-16(15)14-19(26)25(5,31)12-8-18-22(2)9-6-10-23(3,21(28)29)17(22)7-11-24(18,4)30/h13-14,17-19,26,30-31H,6-12H2,1-5H3,(H,28,29)/t17-,18-,19+,22+,23-,24-,25+/m1/s1. The van der Waals surface area contributed by atoms with Gasteiger partial charge in [0, 0.05) is 6.08 Å². The Morgan fingerprint density at radius 1 is 1.31 bits per heavy atom. The Morgan fingerprint density at radius 3 is 2.53 bits per heavy atom. The number of hydrogen-bond acceptors (Lipinski definition) is 6. The van der Waals surface area contributed by atoms with Gasteiger partial charge in [0.2, 0.25) is 0 Å². The van der Waals surface area contributed by atoms with Crippen molar-refractivity contribution in [1.82, 2.24) is 0 Å². The van der Waals surface area contributed by atoms with Crippen molar-refractivity contribution >= 4 is 11.9 Å². The zero-order chi connectivity index (χ0) is 24.1. The van der Waals surface area contributed by atoms with Crippen molar-refractivity contribution in [3.8, 4) is 0 Å². The number of carbonyl (C=O) groups excluding carboxylic acids is 1. The number of carboxylic acid groups (broad SMARTS) is 1. The fourth-order valence-electron chi connectivity index (χ4n) is 6.73. The summed E-state index contributed by atoms with van der Waals surface area (Å²) >= 11 is 0. The molecule has 2 saturated carbocycles. The Labute approximate surface area is 190 Å². The van der Waals surface area contributed by atoms with E-state index >= 15 is 0 Å². The van der Waals surface area contributed by atoms with Gasteiger partial charge in [-0.3, -0.25) is 4.79 Å². The van der Waals surface area contributed by atoms with Gasteiger partial charge < -0.3 is 25.2 Å². The first kappa shape index (κ1) is 24.9. The molecule has 7 heteroatoms. The molecule has 0 spiro atoms. The lowest BCUT2D eigenvalue weighted by molar-refractivity contribution is -0.193. The number of rotatable bonds is 6. The summed E-state index contributed by atoms with van der Waals surface area (Å²) in [5.74, 6) is -1.32. The summed E-state index contributed by atoms with van der Waals surface area (Å²) in [4.78, 5) is 23.6. The summed E-state index contributed by atoms with van der Waals surface area (Å²) < 4.78 is 5.06. The third kappa shape index (κ3) is 4.27. The van der Waals surface area contributed by atoms with Crippen molar-refractivity contribution < 1.29 is 34.8 Å². The highest BCUT2D eigenvalue weighted by molar-refractivity contribution is 5.88. The second-order valence-corrected chi connectivity index (χ2v) is 11.2. The van der Waals surface area contributed by atoms with E-state index < -0.39 is 34.7 Å². The van der Waals surface area contributed by atoms with Crippen LogP contribution in [-0.2, 0) is 14.3 Å². The molecule has 180 valence electrons. The number of carboxylic acids is 1. The Bertz CT molecular complexity index is 839. The van der Waals surface area contributed by atoms with Crippen LogP contribution >= 0.6 is 0 Å². The van der Waals surface area contributed by atoms with Gasteiger partial charge in [-0.05, 0) is 95.1 Å². The molecule has 0 aromatic rings. The minimum Gasteiger partial charge on any atom is -0.481 e. The van der Waals surface area contributed by atoms with Crippen LogP contribution in [0.1, 0.15) is 79.6 Å². The highest BCUT2D eigenvalue weighted by atomic mass is 16.5. The largest absolute Gasteiger partial charge is 0.481 e. The van der Waals surface area contributed by atoms with Crippen LogP contribution in [0.5, 0.6) is 0 Å². The number of carbonyl (C=O) groups is 2. The van der Waals surface area contributed by atoms with E-state index in [4.69, 9.17) is 4.74 Å². The van der Waals surface area contributed by atoms with Crippen LogP contribution in [0.3, 0.4) is 0 Å². The molecule has 4 N–H and O–H groups in total. The summed E-state index contributed by atoms with van der Waals surface area (Å²) in [5.41, 5.74) is -3.11. The molecule has 0 saturated heterocycles. The number of hydrogen-bond donors (Lipinski definition) is 4. The third-order valence-corrected chi connectivity index (χ3v) is 8.77. The predicted octanol–water partition coefficient (Wildman–Crippen LogP) is 3.32. The molecule has 32 heavy (non-hydrogen) atoms. The van der Waals surface area contributed by atoms with Gasteiger partial charge in [0.05, 0.1) is 16.6 Å². The smallest absolute Gasteiger partial charge is 0.336 e. The van der Waals surface area contributed by atoms with Gasteiger partial charge in [0.25, 0.3) is 0 Å². The Kier molecular flexibility index (Phi) is 6.44. The minimum atomic E-state index is -1.51. The zero-order valence-electron chi connectivity index (χ0n) is 19.9. The number of cyclic esters (lactones) is 1. The fourth-order valence-corrected chi connectivity index (χ4v) is 6.73. The van der Waals surface area contributed by atoms with Crippen molar-refractivity contribution in [2.24, 2.45) is 22.7 Å². The van der Waals surface area contributed by atoms with Crippen LogP contribution in [0.15, 0.2) is 23.5 Å². The van der Waals surface area contributed by atoms with Gasteiger partial charge >= 0.3 is 11.9 Å². The maximum Gasteiger partial charge on any atom is 0.336 e. The maximum atomic E-state index is 12.2. The van der Waals surface area contributed by atoms with E-state index in [0.717, 1.165) is 12.8 Å². The molecule has 0 unspecified atom stereocenters. The Balaban J connectivity index is 1.81. The summed E-state index contributed by atoms with van der Waals surface area (Å²) in [7, 11) is 0. The number of aliphatic hydroxyl groups excluding tert-OH is 1. The molecular formula is C25H38O7. The lowest BCUT2D eigenvalue weighted by atomic mass is 9.44. The summed E-state index contributed by atoms with van der Waals surface area (Å²) in [5, 5.41) is 43.0. The van der Waals surface area contributed by atoms with E-state index in [-0.39, 0.29) is 29.4 Å². The normalized spacial score (nSPS) is 41.4. The fraction of sp³-hybridized carbons (Fsp3) is 0.760. The molecule has 7 nitrogen and oxygen atoms in total.